The van der Waals surface area contributed by atoms with Crippen molar-refractivity contribution < 1.29 is 14.6 Å². The Morgan fingerprint density at radius 3 is 2.81 bits per heavy atom. The monoisotopic (exact) mass is 433 g/mol. The molecule has 2 atom stereocenters. The number of ether oxygens (including phenoxy) is 1. The Hall–Kier alpha value is -3.79. The largest absolute Gasteiger partial charge is 0.470 e. The van der Waals surface area contributed by atoms with Gasteiger partial charge in [-0.05, 0) is 31.9 Å². The first-order chi connectivity index (χ1) is 15.6. The number of hydrogen-bond donors (Lipinski definition) is 1. The number of fused-ring (bicyclic) bond motifs is 1. The van der Waals surface area contributed by atoms with Crippen LogP contribution in [0, 0.1) is 0 Å². The van der Waals surface area contributed by atoms with Gasteiger partial charge >= 0.3 is 0 Å². The molecule has 0 aliphatic carbocycles. The minimum atomic E-state index is -0.224. The Morgan fingerprint density at radius 1 is 1.19 bits per heavy atom. The predicted molar refractivity (Wildman–Crippen MR) is 114 cm³/mol. The van der Waals surface area contributed by atoms with Crippen LogP contribution in [0.3, 0.4) is 0 Å². The molecule has 4 aromatic rings. The minimum Gasteiger partial charge on any atom is -0.470 e. The maximum atomic E-state index is 13.5. The molecule has 32 heavy (non-hydrogen) atoms. The number of aliphatic hydroxyl groups is 1. The minimum absolute atomic E-state index is 0.0668. The summed E-state index contributed by atoms with van der Waals surface area (Å²) in [5.41, 5.74) is 2.26. The second-order valence-corrected chi connectivity index (χ2v) is 7.81. The van der Waals surface area contributed by atoms with Crippen LogP contribution < -0.4 is 4.74 Å². The van der Waals surface area contributed by atoms with Crippen molar-refractivity contribution in [1.82, 2.24) is 34.3 Å². The van der Waals surface area contributed by atoms with Crippen molar-refractivity contribution in [2.75, 3.05) is 6.54 Å². The van der Waals surface area contributed by atoms with Gasteiger partial charge in [0.05, 0.1) is 42.5 Å². The van der Waals surface area contributed by atoms with Crippen LogP contribution in [0.2, 0.25) is 0 Å². The van der Waals surface area contributed by atoms with Crippen LogP contribution in [0.25, 0.3) is 11.3 Å². The standard InChI is InChI=1S/C22H23N7O3/c1-15-6-7-17(32-21-20-26-16(14-30)12-27(20)11-10-23-21)13-28(15)22(31)18-4-2-3-5-19(18)29-24-8-9-25-29/h2-5,8-12,15,17,30H,6-7,13-14H2,1H3/t15-,17-/m1/s1. The van der Waals surface area contributed by atoms with Crippen molar-refractivity contribution >= 4 is 11.6 Å². The third kappa shape index (κ3) is 3.69. The van der Waals surface area contributed by atoms with Gasteiger partial charge in [0.25, 0.3) is 11.8 Å². The predicted octanol–water partition coefficient (Wildman–Crippen LogP) is 1.87. The number of likely N-dealkylation sites (tertiary alicyclic amines) is 1. The first kappa shape index (κ1) is 20.1. The number of aliphatic hydroxyl groups excluding tert-OH is 1. The second-order valence-electron chi connectivity index (χ2n) is 7.81. The first-order valence-corrected chi connectivity index (χ1v) is 10.5. The molecule has 0 radical (unpaired) electrons. The fraction of sp³-hybridized carbons (Fsp3) is 0.318. The highest BCUT2D eigenvalue weighted by Gasteiger charge is 2.32. The molecule has 1 aliphatic rings. The summed E-state index contributed by atoms with van der Waals surface area (Å²) in [4.78, 5) is 25.5. The molecule has 3 aromatic heterocycles. The number of hydrogen-bond acceptors (Lipinski definition) is 7. The molecule has 1 amide bonds. The van der Waals surface area contributed by atoms with Crippen molar-refractivity contribution in [2.45, 2.75) is 38.5 Å². The van der Waals surface area contributed by atoms with E-state index in [1.54, 1.807) is 41.5 Å². The Bertz CT molecular complexity index is 1240. The molecule has 10 nitrogen and oxygen atoms in total. The zero-order valence-corrected chi connectivity index (χ0v) is 17.6. The van der Waals surface area contributed by atoms with Gasteiger partial charge in [-0.1, -0.05) is 12.1 Å². The van der Waals surface area contributed by atoms with Crippen molar-refractivity contribution in [3.8, 4) is 11.6 Å². The highest BCUT2D eigenvalue weighted by atomic mass is 16.5. The molecule has 4 heterocycles. The summed E-state index contributed by atoms with van der Waals surface area (Å²) >= 11 is 0. The van der Waals surface area contributed by atoms with Crippen LogP contribution in [-0.4, -0.2) is 64.0 Å². The molecule has 164 valence electrons. The summed E-state index contributed by atoms with van der Waals surface area (Å²) in [6, 6.07) is 7.39. The van der Waals surface area contributed by atoms with Crippen molar-refractivity contribution in [3.63, 3.8) is 0 Å². The maximum Gasteiger partial charge on any atom is 0.258 e. The summed E-state index contributed by atoms with van der Waals surface area (Å²) in [5.74, 6) is 0.300. The summed E-state index contributed by atoms with van der Waals surface area (Å²) in [6.07, 6.45) is 9.67. The molecular formula is C22H23N7O3. The number of para-hydroxylation sites is 1. The van der Waals surface area contributed by atoms with Crippen LogP contribution in [0.1, 0.15) is 35.8 Å². The number of carbonyl (C=O) groups is 1. The molecule has 0 spiro atoms. The third-order valence-electron chi connectivity index (χ3n) is 5.70. The molecular weight excluding hydrogens is 410 g/mol. The fourth-order valence-corrected chi connectivity index (χ4v) is 4.04. The number of aromatic nitrogens is 6. The van der Waals surface area contributed by atoms with E-state index in [1.165, 1.54) is 4.80 Å². The number of piperidine rings is 1. The average Bonchev–Trinajstić information content (AvgIpc) is 3.50. The number of benzene rings is 1. The Labute approximate surface area is 184 Å². The number of rotatable bonds is 5. The average molecular weight is 433 g/mol. The van der Waals surface area contributed by atoms with E-state index in [2.05, 4.69) is 20.2 Å². The van der Waals surface area contributed by atoms with E-state index in [4.69, 9.17) is 4.74 Å². The molecule has 10 heteroatoms. The molecule has 0 unspecified atom stereocenters. The lowest BCUT2D eigenvalue weighted by Crippen LogP contribution is -2.49. The van der Waals surface area contributed by atoms with Gasteiger partial charge in [0.2, 0.25) is 5.65 Å². The van der Waals surface area contributed by atoms with Gasteiger partial charge in [-0.2, -0.15) is 15.0 Å². The number of amides is 1. The lowest BCUT2D eigenvalue weighted by molar-refractivity contribution is 0.0375. The summed E-state index contributed by atoms with van der Waals surface area (Å²) < 4.78 is 7.97. The fourth-order valence-electron chi connectivity index (χ4n) is 4.04. The zero-order chi connectivity index (χ0) is 22.1. The number of carbonyl (C=O) groups excluding carboxylic acids is 1. The molecule has 1 fully saturated rings. The van der Waals surface area contributed by atoms with Crippen molar-refractivity contribution in [3.05, 3.63) is 66.5 Å². The van der Waals surface area contributed by atoms with E-state index in [0.717, 1.165) is 12.8 Å². The topological polar surface area (TPSA) is 111 Å². The molecule has 5 rings (SSSR count). The van der Waals surface area contributed by atoms with Crippen LogP contribution in [-0.2, 0) is 6.61 Å². The molecule has 0 saturated carbocycles. The van der Waals surface area contributed by atoms with E-state index in [9.17, 15) is 9.90 Å². The first-order valence-electron chi connectivity index (χ1n) is 10.5. The molecule has 1 N–H and O–H groups in total. The van der Waals surface area contributed by atoms with E-state index < -0.39 is 0 Å². The SMILES string of the molecule is C[C@@H]1CC[C@@H](Oc2nccn3cc(CO)nc23)CN1C(=O)c1ccccc1-n1nccn1. The highest BCUT2D eigenvalue weighted by Crippen LogP contribution is 2.26. The Kier molecular flexibility index (Phi) is 5.28. The Morgan fingerprint density at radius 2 is 2.00 bits per heavy atom. The van der Waals surface area contributed by atoms with E-state index in [0.29, 0.717) is 35.0 Å². The Balaban J connectivity index is 1.39. The quantitative estimate of drug-likeness (QED) is 0.512. The van der Waals surface area contributed by atoms with Gasteiger partial charge in [0.1, 0.15) is 6.10 Å². The van der Waals surface area contributed by atoms with Gasteiger partial charge in [-0.15, -0.1) is 0 Å². The van der Waals surface area contributed by atoms with Crippen LogP contribution in [0.15, 0.2) is 55.2 Å². The lowest BCUT2D eigenvalue weighted by Gasteiger charge is -2.38. The van der Waals surface area contributed by atoms with Gasteiger partial charge in [0.15, 0.2) is 0 Å². The van der Waals surface area contributed by atoms with E-state index in [-0.39, 0.29) is 24.7 Å². The van der Waals surface area contributed by atoms with E-state index in [1.807, 2.05) is 30.0 Å². The summed E-state index contributed by atoms with van der Waals surface area (Å²) in [7, 11) is 0. The maximum absolute atomic E-state index is 13.5. The lowest BCUT2D eigenvalue weighted by atomic mass is 9.99. The number of nitrogens with zero attached hydrogens (tertiary/aromatic N) is 7. The highest BCUT2D eigenvalue weighted by molar-refractivity contribution is 5.98. The summed E-state index contributed by atoms with van der Waals surface area (Å²) in [6.45, 7) is 2.32. The third-order valence-corrected chi connectivity index (χ3v) is 5.70. The summed E-state index contributed by atoms with van der Waals surface area (Å²) in [5, 5.41) is 17.7. The van der Waals surface area contributed by atoms with Crippen LogP contribution >= 0.6 is 0 Å². The van der Waals surface area contributed by atoms with Crippen molar-refractivity contribution in [2.24, 2.45) is 0 Å². The number of imidazole rings is 1. The van der Waals surface area contributed by atoms with Gasteiger partial charge in [-0.25, -0.2) is 9.97 Å². The molecule has 1 aromatic carbocycles. The van der Waals surface area contributed by atoms with Gasteiger partial charge in [0, 0.05) is 24.6 Å². The van der Waals surface area contributed by atoms with Crippen LogP contribution in [0.5, 0.6) is 5.88 Å². The van der Waals surface area contributed by atoms with Gasteiger partial charge in [-0.3, -0.25) is 4.79 Å². The smallest absolute Gasteiger partial charge is 0.258 e. The second kappa shape index (κ2) is 8.39. The molecule has 1 saturated heterocycles. The van der Waals surface area contributed by atoms with E-state index >= 15 is 0 Å². The zero-order valence-electron chi connectivity index (χ0n) is 17.6. The normalized spacial score (nSPS) is 18.8. The molecule has 0 bridgehead atoms. The molecule has 1 aliphatic heterocycles. The van der Waals surface area contributed by atoms with Gasteiger partial charge < -0.3 is 19.1 Å². The van der Waals surface area contributed by atoms with Crippen LogP contribution in [0.4, 0.5) is 0 Å². The van der Waals surface area contributed by atoms with Crippen molar-refractivity contribution in [1.29, 1.82) is 0 Å².